The van der Waals surface area contributed by atoms with Gasteiger partial charge in [0.2, 0.25) is 0 Å². The zero-order valence-electron chi connectivity index (χ0n) is 15.3. The molecule has 1 aromatic rings. The van der Waals surface area contributed by atoms with Crippen LogP contribution in [0, 0.1) is 11.8 Å². The fraction of sp³-hybridized carbons (Fsp3) is 0.192. The van der Waals surface area contributed by atoms with Crippen molar-refractivity contribution in [2.45, 2.75) is 18.8 Å². The Balaban J connectivity index is 1.52. The summed E-state index contributed by atoms with van der Waals surface area (Å²) in [5.74, 6) is 1.24. The zero-order chi connectivity index (χ0) is 18.1. The molecule has 1 atom stereocenters. The van der Waals surface area contributed by atoms with E-state index in [0.717, 1.165) is 18.5 Å². The Kier molecular flexibility index (Phi) is 4.21. The van der Waals surface area contributed by atoms with Crippen molar-refractivity contribution >= 4 is 11.4 Å². The van der Waals surface area contributed by atoms with E-state index >= 15 is 0 Å². The van der Waals surface area contributed by atoms with Crippen LogP contribution in [0.15, 0.2) is 113 Å². The van der Waals surface area contributed by atoms with Crippen LogP contribution in [0.1, 0.15) is 24.3 Å². The summed E-state index contributed by atoms with van der Waals surface area (Å²) in [6, 6.07) is 8.69. The van der Waals surface area contributed by atoms with Crippen LogP contribution in [0.3, 0.4) is 0 Å². The molecular formula is C26H23N. The molecule has 1 unspecified atom stereocenters. The molecule has 3 aliphatic carbocycles. The van der Waals surface area contributed by atoms with E-state index in [1.54, 1.807) is 0 Å². The van der Waals surface area contributed by atoms with Gasteiger partial charge in [0.25, 0.3) is 0 Å². The van der Waals surface area contributed by atoms with Gasteiger partial charge < -0.3 is 0 Å². The second kappa shape index (κ2) is 7.00. The van der Waals surface area contributed by atoms with Crippen LogP contribution in [0.4, 0.5) is 5.69 Å². The number of benzene rings is 1. The molecule has 1 aromatic carbocycles. The summed E-state index contributed by atoms with van der Waals surface area (Å²) in [5, 5.41) is 0. The lowest BCUT2D eigenvalue weighted by molar-refractivity contribution is 0.659. The molecule has 0 saturated carbocycles. The highest BCUT2D eigenvalue weighted by molar-refractivity contribution is 5.95. The molecule has 1 nitrogen and oxygen atoms in total. The molecule has 5 rings (SSSR count). The van der Waals surface area contributed by atoms with Crippen molar-refractivity contribution in [1.82, 2.24) is 0 Å². The molecule has 0 bridgehead atoms. The highest BCUT2D eigenvalue weighted by Gasteiger charge is 2.28. The molecule has 27 heavy (non-hydrogen) atoms. The molecule has 0 radical (unpaired) electrons. The average Bonchev–Trinajstić information content (AvgIpc) is 3.49. The van der Waals surface area contributed by atoms with Crippen LogP contribution in [0.2, 0.25) is 0 Å². The summed E-state index contributed by atoms with van der Waals surface area (Å²) < 4.78 is 0. The molecule has 0 fully saturated rings. The van der Waals surface area contributed by atoms with E-state index < -0.39 is 0 Å². The van der Waals surface area contributed by atoms with Crippen LogP contribution >= 0.6 is 0 Å². The Labute approximate surface area is 161 Å². The smallest absolute Gasteiger partial charge is 0.0664 e. The summed E-state index contributed by atoms with van der Waals surface area (Å²) in [6.07, 6.45) is 28.7. The summed E-state index contributed by atoms with van der Waals surface area (Å²) in [6.45, 7) is 0. The minimum atomic E-state index is 0.356. The van der Waals surface area contributed by atoms with Crippen LogP contribution < -0.4 is 0 Å². The highest BCUT2D eigenvalue weighted by atomic mass is 14.8. The van der Waals surface area contributed by atoms with Crippen molar-refractivity contribution in [1.29, 1.82) is 0 Å². The van der Waals surface area contributed by atoms with Crippen molar-refractivity contribution in [3.8, 4) is 0 Å². The Morgan fingerprint density at radius 1 is 0.852 bits per heavy atom. The van der Waals surface area contributed by atoms with Gasteiger partial charge in [-0.25, -0.2) is 0 Å². The van der Waals surface area contributed by atoms with E-state index in [0.29, 0.717) is 17.8 Å². The molecule has 4 aliphatic rings. The van der Waals surface area contributed by atoms with Gasteiger partial charge >= 0.3 is 0 Å². The van der Waals surface area contributed by atoms with Gasteiger partial charge in [-0.2, -0.15) is 0 Å². The number of allylic oxidation sites excluding steroid dienone is 14. The van der Waals surface area contributed by atoms with Gasteiger partial charge in [-0.05, 0) is 36.0 Å². The van der Waals surface area contributed by atoms with Gasteiger partial charge in [-0.1, -0.05) is 96.7 Å². The van der Waals surface area contributed by atoms with Gasteiger partial charge in [-0.3, -0.25) is 4.99 Å². The third-order valence-electron chi connectivity index (χ3n) is 5.88. The van der Waals surface area contributed by atoms with Crippen molar-refractivity contribution in [2.75, 3.05) is 0 Å². The van der Waals surface area contributed by atoms with Gasteiger partial charge in [0.15, 0.2) is 0 Å². The lowest BCUT2D eigenvalue weighted by atomic mass is 9.78. The van der Waals surface area contributed by atoms with E-state index in [1.807, 2.05) is 0 Å². The number of aliphatic imine (C=N–C) groups is 1. The van der Waals surface area contributed by atoms with E-state index in [4.69, 9.17) is 4.99 Å². The Morgan fingerprint density at radius 2 is 1.56 bits per heavy atom. The highest BCUT2D eigenvalue weighted by Crippen LogP contribution is 2.43. The first kappa shape index (κ1) is 16.3. The van der Waals surface area contributed by atoms with E-state index in [-0.39, 0.29) is 0 Å². The minimum Gasteiger partial charge on any atom is -0.257 e. The Hall–Kier alpha value is -2.93. The minimum absolute atomic E-state index is 0.356. The first-order valence-corrected chi connectivity index (χ1v) is 9.82. The molecule has 1 heterocycles. The summed E-state index contributed by atoms with van der Waals surface area (Å²) in [5.41, 5.74) is 6.73. The van der Waals surface area contributed by atoms with Crippen LogP contribution in [0.25, 0.3) is 0 Å². The molecule has 1 aliphatic heterocycles. The third-order valence-corrected chi connectivity index (χ3v) is 5.88. The molecule has 1 heteroatoms. The summed E-state index contributed by atoms with van der Waals surface area (Å²) >= 11 is 0. The lowest BCUT2D eigenvalue weighted by Crippen LogP contribution is -2.19. The number of hydrogen-bond acceptors (Lipinski definition) is 1. The zero-order valence-corrected chi connectivity index (χ0v) is 15.3. The normalized spacial score (nSPS) is 22.9. The third kappa shape index (κ3) is 3.14. The second-order valence-corrected chi connectivity index (χ2v) is 7.56. The van der Waals surface area contributed by atoms with E-state index in [2.05, 4.69) is 97.2 Å². The molecule has 0 spiro atoms. The maximum atomic E-state index is 5.02. The van der Waals surface area contributed by atoms with Crippen LogP contribution in [0.5, 0.6) is 0 Å². The summed E-state index contributed by atoms with van der Waals surface area (Å²) in [7, 11) is 0. The molecule has 0 saturated heterocycles. The maximum Gasteiger partial charge on any atom is 0.0664 e. The maximum absolute atomic E-state index is 5.02. The molecule has 0 aromatic heterocycles. The quantitative estimate of drug-likeness (QED) is 0.585. The molecule has 0 N–H and O–H groups in total. The number of hydrogen-bond donors (Lipinski definition) is 0. The number of nitrogens with zero attached hydrogens (tertiary/aromatic N) is 1. The van der Waals surface area contributed by atoms with Gasteiger partial charge in [-0.15, -0.1) is 0 Å². The Bertz CT molecular complexity index is 953. The standard InChI is InChI=1S/C26H23N/c1-2-10-19(9-1)24(20-11-3-4-12-20)17-22-18-26(21-13-5-6-14-21)27-25-16-8-7-15-23(22)25/h1-16,19,21-22H,17-18H2. The molecule has 0 amide bonds. The monoisotopic (exact) mass is 349 g/mol. The van der Waals surface area contributed by atoms with Gasteiger partial charge in [0.1, 0.15) is 0 Å². The van der Waals surface area contributed by atoms with Crippen LogP contribution in [-0.4, -0.2) is 5.71 Å². The van der Waals surface area contributed by atoms with Crippen LogP contribution in [-0.2, 0) is 0 Å². The fourth-order valence-corrected chi connectivity index (χ4v) is 4.51. The number of rotatable bonds is 4. The lowest BCUT2D eigenvalue weighted by Gasteiger charge is -2.29. The summed E-state index contributed by atoms with van der Waals surface area (Å²) in [4.78, 5) is 5.02. The van der Waals surface area contributed by atoms with Crippen molar-refractivity contribution in [3.63, 3.8) is 0 Å². The molecule has 132 valence electrons. The Morgan fingerprint density at radius 3 is 2.33 bits per heavy atom. The predicted octanol–water partition coefficient (Wildman–Crippen LogP) is 6.54. The van der Waals surface area contributed by atoms with Crippen molar-refractivity contribution in [3.05, 3.63) is 114 Å². The number of para-hydroxylation sites is 1. The van der Waals surface area contributed by atoms with E-state index in [9.17, 15) is 0 Å². The first-order chi connectivity index (χ1) is 13.4. The topological polar surface area (TPSA) is 12.4 Å². The first-order valence-electron chi connectivity index (χ1n) is 9.82. The second-order valence-electron chi connectivity index (χ2n) is 7.56. The fourth-order valence-electron chi connectivity index (χ4n) is 4.51. The molecular weight excluding hydrogens is 326 g/mol. The SMILES string of the molecule is C1=CC(=C(CC2CC(C3C=CC=C3)=Nc3ccccc32)C2C=CC=C2)C=C1. The van der Waals surface area contributed by atoms with Crippen molar-refractivity contribution in [2.24, 2.45) is 16.8 Å². The van der Waals surface area contributed by atoms with Crippen molar-refractivity contribution < 1.29 is 0 Å². The van der Waals surface area contributed by atoms with Gasteiger partial charge in [0, 0.05) is 17.5 Å². The van der Waals surface area contributed by atoms with Gasteiger partial charge in [0.05, 0.1) is 5.69 Å². The average molecular weight is 349 g/mol. The predicted molar refractivity (Wildman–Crippen MR) is 114 cm³/mol. The number of fused-ring (bicyclic) bond motifs is 1. The van der Waals surface area contributed by atoms with E-state index in [1.165, 1.54) is 22.4 Å². The largest absolute Gasteiger partial charge is 0.257 e.